The molecule has 0 amide bonds. The Bertz CT molecular complexity index is 438. The van der Waals surface area contributed by atoms with Crippen LogP contribution in [0.4, 0.5) is 0 Å². The number of hydrogen-bond acceptors (Lipinski definition) is 1. The van der Waals surface area contributed by atoms with Crippen LogP contribution < -0.4 is 0 Å². The summed E-state index contributed by atoms with van der Waals surface area (Å²) in [6.45, 7) is 0. The first kappa shape index (κ1) is 23.6. The molecule has 2 heteroatoms. The second-order valence-corrected chi connectivity index (χ2v) is 8.36. The number of rotatable bonds is 17. The van der Waals surface area contributed by atoms with Gasteiger partial charge in [-0.25, -0.2) is 0 Å². The monoisotopic (exact) mass is 392 g/mol. The first-order valence-electron chi connectivity index (χ1n) is 10.5. The van der Waals surface area contributed by atoms with Gasteiger partial charge in [0, 0.05) is 11.3 Å². The second-order valence-electron chi connectivity index (χ2n) is 7.19. The molecule has 0 saturated heterocycles. The van der Waals surface area contributed by atoms with Crippen LogP contribution in [0.15, 0.2) is 36.4 Å². The minimum absolute atomic E-state index is 0.834. The number of hydrogen-bond donors (Lipinski definition) is 0. The fraction of sp³-hybridized carbons (Fsp3) is 0.625. The van der Waals surface area contributed by atoms with Crippen molar-refractivity contribution in [2.24, 2.45) is 0 Å². The molecule has 1 aromatic rings. The van der Waals surface area contributed by atoms with E-state index in [1.807, 2.05) is 12.1 Å². The van der Waals surface area contributed by atoms with E-state index in [9.17, 15) is 0 Å². The molecule has 0 N–H and O–H groups in total. The maximum absolute atomic E-state index is 5.91. The molecule has 0 spiro atoms. The molecule has 0 fully saturated rings. The van der Waals surface area contributed by atoms with Crippen LogP contribution >= 0.6 is 23.4 Å². The van der Waals surface area contributed by atoms with Gasteiger partial charge < -0.3 is 0 Å². The molecule has 0 atom stereocenters. The number of allylic oxidation sites excluding steroid dienone is 2. The van der Waals surface area contributed by atoms with E-state index in [-0.39, 0.29) is 0 Å². The molecular weight excluding hydrogens is 356 g/mol. The van der Waals surface area contributed by atoms with E-state index in [0.717, 1.165) is 10.8 Å². The third kappa shape index (κ3) is 14.7. The number of benzene rings is 1. The van der Waals surface area contributed by atoms with Crippen LogP contribution in [0, 0.1) is 6.26 Å². The van der Waals surface area contributed by atoms with Gasteiger partial charge in [-0.2, -0.15) is 11.8 Å². The van der Waals surface area contributed by atoms with Crippen LogP contribution in [0.1, 0.15) is 89.0 Å². The van der Waals surface area contributed by atoms with Gasteiger partial charge in [0.15, 0.2) is 0 Å². The molecule has 0 aliphatic heterocycles. The average Bonchev–Trinajstić information content (AvgIpc) is 2.66. The van der Waals surface area contributed by atoms with E-state index in [1.54, 1.807) is 0 Å². The van der Waals surface area contributed by atoms with E-state index < -0.39 is 0 Å². The predicted octanol–water partition coefficient (Wildman–Crippen LogP) is 8.91. The highest BCUT2D eigenvalue weighted by Crippen LogP contribution is 2.14. The van der Waals surface area contributed by atoms with Gasteiger partial charge in [0.2, 0.25) is 0 Å². The SMILES string of the molecule is [CH]SCCCCCCC/C=C\CCCCCCCCc1ccc(Cl)cc1. The van der Waals surface area contributed by atoms with Gasteiger partial charge in [-0.3, -0.25) is 0 Å². The summed E-state index contributed by atoms with van der Waals surface area (Å²) >= 11 is 7.38. The molecule has 1 aromatic carbocycles. The first-order valence-corrected chi connectivity index (χ1v) is 12.0. The molecule has 0 saturated carbocycles. The number of unbranched alkanes of at least 4 members (excludes halogenated alkanes) is 11. The molecule has 1 rings (SSSR count). The normalized spacial score (nSPS) is 11.5. The molecule has 0 nitrogen and oxygen atoms in total. The Morgan fingerprint density at radius 2 is 1.19 bits per heavy atom. The Hall–Kier alpha value is -0.400. The summed E-state index contributed by atoms with van der Waals surface area (Å²) in [4.78, 5) is 0. The zero-order chi connectivity index (χ0) is 18.7. The molecule has 0 aliphatic carbocycles. The number of thioether (sulfide) groups is 1. The largest absolute Gasteiger partial charge is 0.156 e. The van der Waals surface area contributed by atoms with Crippen LogP contribution in [0.25, 0.3) is 0 Å². The lowest BCUT2D eigenvalue weighted by molar-refractivity contribution is 0.596. The zero-order valence-corrected chi connectivity index (χ0v) is 18.0. The van der Waals surface area contributed by atoms with E-state index in [0.29, 0.717) is 0 Å². The Morgan fingerprint density at radius 1 is 0.692 bits per heavy atom. The van der Waals surface area contributed by atoms with E-state index in [1.165, 1.54) is 107 Å². The molecule has 2 radical (unpaired) electrons. The predicted molar refractivity (Wildman–Crippen MR) is 121 cm³/mol. The Morgan fingerprint density at radius 3 is 1.77 bits per heavy atom. The van der Waals surface area contributed by atoms with Gasteiger partial charge in [-0.1, -0.05) is 80.8 Å². The van der Waals surface area contributed by atoms with Crippen molar-refractivity contribution in [2.75, 3.05) is 5.75 Å². The maximum Gasteiger partial charge on any atom is 0.0406 e. The molecule has 0 aliphatic rings. The van der Waals surface area contributed by atoms with Gasteiger partial charge >= 0.3 is 0 Å². The van der Waals surface area contributed by atoms with Crippen molar-refractivity contribution in [1.82, 2.24) is 0 Å². The molecule has 0 aromatic heterocycles. The molecule has 0 heterocycles. The third-order valence-electron chi connectivity index (χ3n) is 4.80. The lowest BCUT2D eigenvalue weighted by Crippen LogP contribution is -1.86. The molecule has 0 unspecified atom stereocenters. The molecule has 146 valence electrons. The van der Waals surface area contributed by atoms with Crippen molar-refractivity contribution >= 4 is 23.4 Å². The Balaban J connectivity index is 1.78. The topological polar surface area (TPSA) is 0 Å². The minimum Gasteiger partial charge on any atom is -0.156 e. The lowest BCUT2D eigenvalue weighted by atomic mass is 10.0. The van der Waals surface area contributed by atoms with Crippen molar-refractivity contribution in [1.29, 1.82) is 0 Å². The van der Waals surface area contributed by atoms with Crippen LogP contribution in [-0.4, -0.2) is 5.75 Å². The average molecular weight is 393 g/mol. The Labute approximate surface area is 172 Å². The third-order valence-corrected chi connectivity index (χ3v) is 5.58. The molecule has 26 heavy (non-hydrogen) atoms. The molecule has 0 bridgehead atoms. The lowest BCUT2D eigenvalue weighted by Gasteiger charge is -2.02. The summed E-state index contributed by atoms with van der Waals surface area (Å²) in [6, 6.07) is 8.28. The van der Waals surface area contributed by atoms with Gasteiger partial charge in [-0.15, -0.1) is 0 Å². The maximum atomic E-state index is 5.91. The summed E-state index contributed by atoms with van der Waals surface area (Å²) in [5.41, 5.74) is 1.41. The number of halogens is 1. The standard InChI is InChI=1S/C24H37ClS/c1-26-22-16-14-12-10-8-6-4-2-3-5-7-9-11-13-15-17-23-18-20-24(25)21-19-23/h1-2,4,18-21H,3,5-17,22H2/b4-2-. The summed E-state index contributed by atoms with van der Waals surface area (Å²) in [5.74, 6) is 1.11. The minimum atomic E-state index is 0.834. The van der Waals surface area contributed by atoms with Crippen LogP contribution in [0.3, 0.4) is 0 Å². The van der Waals surface area contributed by atoms with Crippen molar-refractivity contribution in [2.45, 2.75) is 89.9 Å². The van der Waals surface area contributed by atoms with Crippen molar-refractivity contribution in [3.8, 4) is 0 Å². The summed E-state index contributed by atoms with van der Waals surface area (Å²) < 4.78 is 0. The highest BCUT2D eigenvalue weighted by Gasteiger charge is 1.95. The van der Waals surface area contributed by atoms with Gasteiger partial charge in [0.25, 0.3) is 0 Å². The van der Waals surface area contributed by atoms with Crippen LogP contribution in [0.5, 0.6) is 0 Å². The van der Waals surface area contributed by atoms with Crippen LogP contribution in [0.2, 0.25) is 5.02 Å². The van der Waals surface area contributed by atoms with Gasteiger partial charge in [0.05, 0.1) is 0 Å². The van der Waals surface area contributed by atoms with Gasteiger partial charge in [-0.05, 0) is 68.4 Å². The summed E-state index contributed by atoms with van der Waals surface area (Å²) in [5, 5.41) is 0.834. The van der Waals surface area contributed by atoms with Crippen molar-refractivity contribution in [3.63, 3.8) is 0 Å². The Kier molecular flexibility index (Phi) is 16.4. The fourth-order valence-corrected chi connectivity index (χ4v) is 3.66. The quantitative estimate of drug-likeness (QED) is 0.188. The summed E-state index contributed by atoms with van der Waals surface area (Å²) in [7, 11) is 0. The molecular formula is C24H37ClS. The zero-order valence-electron chi connectivity index (χ0n) is 16.4. The first-order chi connectivity index (χ1) is 12.8. The van der Waals surface area contributed by atoms with Crippen molar-refractivity contribution in [3.05, 3.63) is 53.3 Å². The van der Waals surface area contributed by atoms with Crippen molar-refractivity contribution < 1.29 is 0 Å². The summed E-state index contributed by atoms with van der Waals surface area (Å²) in [6.07, 6.45) is 28.8. The van der Waals surface area contributed by atoms with E-state index in [2.05, 4.69) is 24.3 Å². The smallest absolute Gasteiger partial charge is 0.0406 e. The van der Waals surface area contributed by atoms with E-state index in [4.69, 9.17) is 17.9 Å². The van der Waals surface area contributed by atoms with E-state index >= 15 is 0 Å². The number of aryl methyl sites for hydroxylation is 1. The van der Waals surface area contributed by atoms with Gasteiger partial charge in [0.1, 0.15) is 0 Å². The second kappa shape index (κ2) is 18.0. The van der Waals surface area contributed by atoms with Crippen LogP contribution in [-0.2, 0) is 6.42 Å². The highest BCUT2D eigenvalue weighted by atomic mass is 35.5. The highest BCUT2D eigenvalue weighted by molar-refractivity contribution is 8.00. The fourth-order valence-electron chi connectivity index (χ4n) is 3.16.